The van der Waals surface area contributed by atoms with E-state index >= 15 is 0 Å². The lowest BCUT2D eigenvalue weighted by Crippen LogP contribution is -2.47. The van der Waals surface area contributed by atoms with E-state index in [-0.39, 0.29) is 0 Å². The van der Waals surface area contributed by atoms with Crippen molar-refractivity contribution in [3.8, 4) is 0 Å². The van der Waals surface area contributed by atoms with Crippen LogP contribution in [0.5, 0.6) is 0 Å². The number of ether oxygens (including phenoxy) is 1. The quantitative estimate of drug-likeness (QED) is 0.814. The summed E-state index contributed by atoms with van der Waals surface area (Å²) in [7, 11) is 0. The van der Waals surface area contributed by atoms with Gasteiger partial charge in [-0.25, -0.2) is 0 Å². The van der Waals surface area contributed by atoms with Crippen molar-refractivity contribution in [1.29, 1.82) is 0 Å². The van der Waals surface area contributed by atoms with Crippen LogP contribution in [0.15, 0.2) is 0 Å². The lowest BCUT2D eigenvalue weighted by atomic mass is 9.76. The molecule has 2 aliphatic rings. The van der Waals surface area contributed by atoms with E-state index in [4.69, 9.17) is 4.74 Å². The topological polar surface area (TPSA) is 24.5 Å². The average molecular weight is 296 g/mol. The molecule has 3 heteroatoms. The smallest absolute Gasteiger partial charge is 0.0673 e. The van der Waals surface area contributed by atoms with Crippen LogP contribution >= 0.6 is 0 Å². The molecule has 1 saturated heterocycles. The minimum absolute atomic E-state index is 0.403. The summed E-state index contributed by atoms with van der Waals surface area (Å²) in [5, 5.41) is 3.82. The zero-order valence-corrected chi connectivity index (χ0v) is 14.4. The van der Waals surface area contributed by atoms with Crippen molar-refractivity contribution in [2.24, 2.45) is 11.8 Å². The van der Waals surface area contributed by atoms with Crippen molar-refractivity contribution < 1.29 is 4.74 Å². The Kier molecular flexibility index (Phi) is 7.48. The fraction of sp³-hybridized carbons (Fsp3) is 1.00. The van der Waals surface area contributed by atoms with Gasteiger partial charge in [-0.05, 0) is 57.4 Å². The summed E-state index contributed by atoms with van der Waals surface area (Å²) in [6, 6.07) is 0.743. The molecule has 1 saturated carbocycles. The normalized spacial score (nSPS) is 35.6. The fourth-order valence-corrected chi connectivity index (χ4v) is 4.11. The highest BCUT2D eigenvalue weighted by atomic mass is 16.5. The number of rotatable bonds is 6. The summed E-state index contributed by atoms with van der Waals surface area (Å²) in [5.41, 5.74) is 0. The van der Waals surface area contributed by atoms with Crippen LogP contribution in [0.1, 0.15) is 59.3 Å². The Morgan fingerprint density at radius 2 is 2.10 bits per heavy atom. The minimum atomic E-state index is 0.403. The minimum Gasteiger partial charge on any atom is -0.377 e. The predicted octanol–water partition coefficient (Wildman–Crippen LogP) is 3.29. The third kappa shape index (κ3) is 5.54. The van der Waals surface area contributed by atoms with Crippen LogP contribution in [0, 0.1) is 11.8 Å². The van der Waals surface area contributed by atoms with Gasteiger partial charge in [0, 0.05) is 32.3 Å². The Hall–Kier alpha value is -0.120. The van der Waals surface area contributed by atoms with Gasteiger partial charge in [0.15, 0.2) is 0 Å². The van der Waals surface area contributed by atoms with Gasteiger partial charge in [-0.15, -0.1) is 0 Å². The van der Waals surface area contributed by atoms with E-state index in [1.165, 1.54) is 58.2 Å². The third-order valence-electron chi connectivity index (χ3n) is 5.35. The first-order valence-corrected chi connectivity index (χ1v) is 9.30. The molecule has 124 valence electrons. The Balaban J connectivity index is 1.90. The molecule has 2 fully saturated rings. The zero-order valence-electron chi connectivity index (χ0n) is 14.4. The van der Waals surface area contributed by atoms with Crippen molar-refractivity contribution in [2.45, 2.75) is 71.4 Å². The second-order valence-corrected chi connectivity index (χ2v) is 7.20. The van der Waals surface area contributed by atoms with Gasteiger partial charge in [-0.1, -0.05) is 20.3 Å². The molecule has 2 rings (SSSR count). The van der Waals surface area contributed by atoms with Crippen LogP contribution in [0.2, 0.25) is 0 Å². The molecule has 1 aliphatic heterocycles. The summed E-state index contributed by atoms with van der Waals surface area (Å²) in [6.07, 6.45) is 8.42. The third-order valence-corrected chi connectivity index (χ3v) is 5.35. The van der Waals surface area contributed by atoms with Crippen LogP contribution < -0.4 is 5.32 Å². The molecule has 4 unspecified atom stereocenters. The molecule has 0 aromatic heterocycles. The van der Waals surface area contributed by atoms with Gasteiger partial charge in [0.05, 0.1) is 6.10 Å². The van der Waals surface area contributed by atoms with Crippen LogP contribution in [0.25, 0.3) is 0 Å². The Labute approximate surface area is 131 Å². The van der Waals surface area contributed by atoms with Crippen LogP contribution in [-0.4, -0.2) is 49.8 Å². The second-order valence-electron chi connectivity index (χ2n) is 7.20. The van der Waals surface area contributed by atoms with E-state index in [0.717, 1.165) is 31.0 Å². The van der Waals surface area contributed by atoms with E-state index in [0.29, 0.717) is 6.10 Å². The monoisotopic (exact) mass is 296 g/mol. The van der Waals surface area contributed by atoms with E-state index < -0.39 is 0 Å². The van der Waals surface area contributed by atoms with E-state index in [1.54, 1.807) is 0 Å². The second kappa shape index (κ2) is 9.12. The molecule has 0 aromatic carbocycles. The molecular weight excluding hydrogens is 260 g/mol. The summed E-state index contributed by atoms with van der Waals surface area (Å²) in [6.45, 7) is 12.6. The predicted molar refractivity (Wildman–Crippen MR) is 89.7 cm³/mol. The molecule has 4 atom stereocenters. The van der Waals surface area contributed by atoms with Gasteiger partial charge in [-0.2, -0.15) is 0 Å². The van der Waals surface area contributed by atoms with Crippen LogP contribution in [0.3, 0.4) is 0 Å². The van der Waals surface area contributed by atoms with E-state index in [1.807, 2.05) is 0 Å². The van der Waals surface area contributed by atoms with Gasteiger partial charge in [0.1, 0.15) is 0 Å². The Morgan fingerprint density at radius 1 is 1.24 bits per heavy atom. The molecule has 1 heterocycles. The highest BCUT2D eigenvalue weighted by Gasteiger charge is 2.31. The summed E-state index contributed by atoms with van der Waals surface area (Å²) in [4.78, 5) is 2.67. The van der Waals surface area contributed by atoms with Gasteiger partial charge in [0.2, 0.25) is 0 Å². The van der Waals surface area contributed by atoms with Gasteiger partial charge >= 0.3 is 0 Å². The number of hydrogen-bond donors (Lipinski definition) is 1. The van der Waals surface area contributed by atoms with Crippen LogP contribution in [-0.2, 0) is 4.74 Å². The molecule has 1 N–H and O–H groups in total. The van der Waals surface area contributed by atoms with Gasteiger partial charge in [0.25, 0.3) is 0 Å². The Bertz CT molecular complexity index is 284. The first kappa shape index (κ1) is 17.2. The molecule has 1 aliphatic carbocycles. The summed E-state index contributed by atoms with van der Waals surface area (Å²) < 4.78 is 5.80. The van der Waals surface area contributed by atoms with Gasteiger partial charge < -0.3 is 15.0 Å². The van der Waals surface area contributed by atoms with E-state index in [2.05, 4.69) is 31.0 Å². The van der Waals surface area contributed by atoms with Crippen molar-refractivity contribution in [1.82, 2.24) is 10.2 Å². The number of hydrogen-bond acceptors (Lipinski definition) is 3. The highest BCUT2D eigenvalue weighted by molar-refractivity contribution is 4.87. The number of nitrogens with one attached hydrogen (secondary N) is 1. The SMILES string of the molecule is CCCNC1CCC(CC)CC1CN1CCCOC(C)C1. The first-order chi connectivity index (χ1) is 10.2. The first-order valence-electron chi connectivity index (χ1n) is 9.30. The maximum Gasteiger partial charge on any atom is 0.0673 e. The maximum atomic E-state index is 5.80. The van der Waals surface area contributed by atoms with Gasteiger partial charge in [-0.3, -0.25) is 0 Å². The largest absolute Gasteiger partial charge is 0.377 e. The van der Waals surface area contributed by atoms with Crippen molar-refractivity contribution >= 4 is 0 Å². The standard InChI is InChI=1S/C18H36N2O/c1-4-9-19-18-8-7-16(5-2)12-17(18)14-20-10-6-11-21-15(3)13-20/h15-19H,4-14H2,1-3H3. The highest BCUT2D eigenvalue weighted by Crippen LogP contribution is 2.32. The lowest BCUT2D eigenvalue weighted by Gasteiger charge is -2.39. The molecule has 0 aromatic rings. The summed E-state index contributed by atoms with van der Waals surface area (Å²) >= 11 is 0. The molecule has 0 spiro atoms. The average Bonchev–Trinajstić information content (AvgIpc) is 2.70. The molecular formula is C18H36N2O. The molecule has 21 heavy (non-hydrogen) atoms. The van der Waals surface area contributed by atoms with Crippen LogP contribution in [0.4, 0.5) is 0 Å². The Morgan fingerprint density at radius 3 is 2.86 bits per heavy atom. The number of nitrogens with zero attached hydrogens (tertiary/aromatic N) is 1. The lowest BCUT2D eigenvalue weighted by molar-refractivity contribution is 0.0606. The molecule has 0 amide bonds. The van der Waals surface area contributed by atoms with Crippen molar-refractivity contribution in [3.05, 3.63) is 0 Å². The van der Waals surface area contributed by atoms with Crippen molar-refractivity contribution in [2.75, 3.05) is 32.8 Å². The summed E-state index contributed by atoms with van der Waals surface area (Å²) in [5.74, 6) is 1.79. The molecule has 3 nitrogen and oxygen atoms in total. The maximum absolute atomic E-state index is 5.80. The zero-order chi connectivity index (χ0) is 15.1. The molecule has 0 radical (unpaired) electrons. The fourth-order valence-electron chi connectivity index (χ4n) is 4.11. The van der Waals surface area contributed by atoms with Crippen molar-refractivity contribution in [3.63, 3.8) is 0 Å². The molecule has 0 bridgehead atoms. The van der Waals surface area contributed by atoms with E-state index in [9.17, 15) is 0 Å².